The van der Waals surface area contributed by atoms with Crippen LogP contribution in [-0.4, -0.2) is 29.2 Å². The number of halogens is 1. The van der Waals surface area contributed by atoms with Crippen LogP contribution in [0.3, 0.4) is 0 Å². The first-order valence-electron chi connectivity index (χ1n) is 5.89. The lowest BCUT2D eigenvalue weighted by atomic mass is 9.89. The fourth-order valence-corrected chi connectivity index (χ4v) is 2.28. The van der Waals surface area contributed by atoms with Crippen molar-refractivity contribution in [2.75, 3.05) is 13.1 Å². The van der Waals surface area contributed by atoms with Crippen molar-refractivity contribution >= 4 is 5.69 Å². The van der Waals surface area contributed by atoms with Crippen LogP contribution in [-0.2, 0) is 6.42 Å². The van der Waals surface area contributed by atoms with Crippen LogP contribution in [0.15, 0.2) is 18.2 Å². The van der Waals surface area contributed by atoms with Crippen molar-refractivity contribution in [3.8, 4) is 0 Å². The molecule has 6 heteroatoms. The molecule has 2 atom stereocenters. The Morgan fingerprint density at radius 1 is 1.50 bits per heavy atom. The Hall–Kier alpha value is -1.53. The highest BCUT2D eigenvalue weighted by Crippen LogP contribution is 2.22. The van der Waals surface area contributed by atoms with Gasteiger partial charge in [0.15, 0.2) is 0 Å². The summed E-state index contributed by atoms with van der Waals surface area (Å²) in [7, 11) is 0. The molecule has 0 amide bonds. The van der Waals surface area contributed by atoms with Crippen molar-refractivity contribution in [2.24, 2.45) is 5.92 Å². The molecule has 1 fully saturated rings. The van der Waals surface area contributed by atoms with E-state index < -0.39 is 16.8 Å². The Labute approximate surface area is 104 Å². The van der Waals surface area contributed by atoms with Crippen molar-refractivity contribution in [2.45, 2.75) is 18.9 Å². The van der Waals surface area contributed by atoms with E-state index in [0.717, 1.165) is 12.6 Å². The van der Waals surface area contributed by atoms with Gasteiger partial charge in [-0.25, -0.2) is 4.39 Å². The monoisotopic (exact) mass is 254 g/mol. The van der Waals surface area contributed by atoms with E-state index in [1.54, 1.807) is 0 Å². The van der Waals surface area contributed by atoms with Crippen molar-refractivity contribution in [1.82, 2.24) is 5.32 Å². The smallest absolute Gasteiger partial charge is 0.272 e. The zero-order chi connectivity index (χ0) is 13.1. The van der Waals surface area contributed by atoms with Gasteiger partial charge in [0.05, 0.1) is 17.1 Å². The minimum absolute atomic E-state index is 0.0276. The van der Waals surface area contributed by atoms with Gasteiger partial charge in [-0.3, -0.25) is 10.1 Å². The predicted octanol–water partition coefficient (Wildman–Crippen LogP) is 1.25. The Kier molecular flexibility index (Phi) is 3.88. The van der Waals surface area contributed by atoms with Gasteiger partial charge < -0.3 is 10.4 Å². The summed E-state index contributed by atoms with van der Waals surface area (Å²) in [6.07, 6.45) is 0.656. The van der Waals surface area contributed by atoms with E-state index in [0.29, 0.717) is 24.9 Å². The maximum absolute atomic E-state index is 13.3. The second kappa shape index (κ2) is 5.41. The Balaban J connectivity index is 2.15. The molecule has 98 valence electrons. The quantitative estimate of drug-likeness (QED) is 0.628. The minimum atomic E-state index is -0.613. The van der Waals surface area contributed by atoms with E-state index in [2.05, 4.69) is 5.32 Å². The molecule has 0 aromatic heterocycles. The van der Waals surface area contributed by atoms with Crippen LogP contribution < -0.4 is 5.32 Å². The summed E-state index contributed by atoms with van der Waals surface area (Å²) in [5.74, 6) is -0.641. The molecule has 0 aliphatic carbocycles. The van der Waals surface area contributed by atoms with Crippen molar-refractivity contribution in [3.63, 3.8) is 0 Å². The van der Waals surface area contributed by atoms with E-state index in [4.69, 9.17) is 0 Å². The van der Waals surface area contributed by atoms with E-state index in [9.17, 15) is 19.6 Å². The first-order chi connectivity index (χ1) is 8.56. The summed E-state index contributed by atoms with van der Waals surface area (Å²) >= 11 is 0. The topological polar surface area (TPSA) is 75.4 Å². The summed E-state index contributed by atoms with van der Waals surface area (Å²) in [5.41, 5.74) is 0.303. The molecule has 1 saturated heterocycles. The third-order valence-corrected chi connectivity index (χ3v) is 3.22. The highest BCUT2D eigenvalue weighted by Gasteiger charge is 2.23. The molecule has 0 spiro atoms. The molecule has 2 rings (SSSR count). The molecule has 1 aromatic carbocycles. The van der Waals surface area contributed by atoms with Crippen LogP contribution in [0.5, 0.6) is 0 Å². The van der Waals surface area contributed by atoms with Gasteiger partial charge in [-0.2, -0.15) is 0 Å². The lowest BCUT2D eigenvalue weighted by Gasteiger charge is -2.28. The fraction of sp³-hybridized carbons (Fsp3) is 0.500. The van der Waals surface area contributed by atoms with Crippen LogP contribution in [0.4, 0.5) is 10.1 Å². The van der Waals surface area contributed by atoms with Crippen LogP contribution in [0.25, 0.3) is 0 Å². The normalized spacial score (nSPS) is 23.9. The van der Waals surface area contributed by atoms with Gasteiger partial charge in [-0.05, 0) is 31.0 Å². The van der Waals surface area contributed by atoms with Gasteiger partial charge in [0, 0.05) is 18.5 Å². The number of hydrogen-bond donors (Lipinski definition) is 2. The van der Waals surface area contributed by atoms with Gasteiger partial charge in [0.2, 0.25) is 0 Å². The second-order valence-corrected chi connectivity index (χ2v) is 4.60. The average molecular weight is 254 g/mol. The molecule has 1 aromatic rings. The second-order valence-electron chi connectivity index (χ2n) is 4.60. The van der Waals surface area contributed by atoms with Crippen LogP contribution >= 0.6 is 0 Å². The molecular formula is C12H15FN2O3. The highest BCUT2D eigenvalue weighted by molar-refractivity contribution is 5.35. The number of rotatable bonds is 3. The van der Waals surface area contributed by atoms with Crippen molar-refractivity contribution in [3.05, 3.63) is 39.7 Å². The van der Waals surface area contributed by atoms with Gasteiger partial charge in [0.1, 0.15) is 5.82 Å². The molecule has 1 heterocycles. The van der Waals surface area contributed by atoms with Crippen LogP contribution in [0.2, 0.25) is 0 Å². The van der Waals surface area contributed by atoms with Crippen LogP contribution in [0.1, 0.15) is 12.0 Å². The maximum atomic E-state index is 13.3. The zero-order valence-electron chi connectivity index (χ0n) is 9.80. The number of non-ortho nitro benzene ring substituents is 1. The molecule has 2 N–H and O–H groups in total. The standard InChI is InChI=1S/C12H15FN2O3/c13-10-4-8(5-11(6-10)15(17)18)3-9-7-14-2-1-12(9)16/h4-6,9,12,14,16H,1-3,7H2. The van der Waals surface area contributed by atoms with Gasteiger partial charge in [0.25, 0.3) is 5.69 Å². The Bertz CT molecular complexity index is 453. The summed E-state index contributed by atoms with van der Waals surface area (Å²) in [5, 5.41) is 23.6. The molecule has 1 aliphatic heterocycles. The summed E-state index contributed by atoms with van der Waals surface area (Å²) in [6, 6.07) is 3.55. The molecule has 5 nitrogen and oxygen atoms in total. The predicted molar refractivity (Wildman–Crippen MR) is 63.7 cm³/mol. The number of nitro groups is 1. The lowest BCUT2D eigenvalue weighted by Crippen LogP contribution is -2.40. The van der Waals surface area contributed by atoms with Gasteiger partial charge >= 0.3 is 0 Å². The molecule has 0 bridgehead atoms. The van der Waals surface area contributed by atoms with Crippen molar-refractivity contribution in [1.29, 1.82) is 0 Å². The fourth-order valence-electron chi connectivity index (χ4n) is 2.28. The number of aliphatic hydroxyl groups is 1. The number of benzene rings is 1. The first-order valence-corrected chi connectivity index (χ1v) is 5.89. The summed E-state index contributed by atoms with van der Waals surface area (Å²) in [6.45, 7) is 1.41. The van der Waals surface area contributed by atoms with E-state index >= 15 is 0 Å². The van der Waals surface area contributed by atoms with E-state index in [-0.39, 0.29) is 11.6 Å². The van der Waals surface area contributed by atoms with E-state index in [1.807, 2.05) is 0 Å². The summed E-state index contributed by atoms with van der Waals surface area (Å²) < 4.78 is 13.3. The molecule has 1 aliphatic rings. The first kappa shape index (κ1) is 12.9. The number of nitro benzene ring substituents is 1. The molecule has 18 heavy (non-hydrogen) atoms. The van der Waals surface area contributed by atoms with Gasteiger partial charge in [-0.15, -0.1) is 0 Å². The third-order valence-electron chi connectivity index (χ3n) is 3.22. The third kappa shape index (κ3) is 3.02. The number of nitrogens with zero attached hydrogens (tertiary/aromatic N) is 1. The number of hydrogen-bond acceptors (Lipinski definition) is 4. The number of piperidine rings is 1. The van der Waals surface area contributed by atoms with E-state index in [1.165, 1.54) is 12.1 Å². The summed E-state index contributed by atoms with van der Waals surface area (Å²) in [4.78, 5) is 10.0. The number of nitrogens with one attached hydrogen (secondary N) is 1. The van der Waals surface area contributed by atoms with Gasteiger partial charge in [-0.1, -0.05) is 0 Å². The SMILES string of the molecule is O=[N+]([O-])c1cc(F)cc(CC2CNCCC2O)c1. The van der Waals surface area contributed by atoms with Crippen LogP contribution in [0, 0.1) is 21.8 Å². The average Bonchev–Trinajstić information content (AvgIpc) is 2.31. The molecule has 2 unspecified atom stereocenters. The number of aliphatic hydroxyl groups excluding tert-OH is 1. The maximum Gasteiger partial charge on any atom is 0.272 e. The lowest BCUT2D eigenvalue weighted by molar-refractivity contribution is -0.385. The molecule has 0 radical (unpaired) electrons. The minimum Gasteiger partial charge on any atom is -0.393 e. The Morgan fingerprint density at radius 3 is 2.94 bits per heavy atom. The molecular weight excluding hydrogens is 239 g/mol. The largest absolute Gasteiger partial charge is 0.393 e. The highest BCUT2D eigenvalue weighted by atomic mass is 19.1. The Morgan fingerprint density at radius 2 is 2.28 bits per heavy atom. The van der Waals surface area contributed by atoms with Crippen molar-refractivity contribution < 1.29 is 14.4 Å². The zero-order valence-corrected chi connectivity index (χ0v) is 9.80. The molecule has 0 saturated carbocycles.